The molecule has 2 atom stereocenters. The number of nitrogens with zero attached hydrogens (tertiary/aromatic N) is 1. The predicted octanol–water partition coefficient (Wildman–Crippen LogP) is 1.08. The van der Waals surface area contributed by atoms with Crippen molar-refractivity contribution < 1.29 is 0 Å². The molecule has 0 amide bonds. The van der Waals surface area contributed by atoms with E-state index in [1.807, 2.05) is 6.07 Å². The highest BCUT2D eigenvalue weighted by atomic mass is 15.2. The van der Waals surface area contributed by atoms with E-state index >= 15 is 0 Å². The van der Waals surface area contributed by atoms with Crippen molar-refractivity contribution in [3.63, 3.8) is 0 Å². The van der Waals surface area contributed by atoms with Gasteiger partial charge in [-0.05, 0) is 5.56 Å². The zero-order valence-electron chi connectivity index (χ0n) is 8.27. The van der Waals surface area contributed by atoms with Gasteiger partial charge in [-0.3, -0.25) is 4.99 Å². The molecule has 0 aromatic heterocycles. The Balaban J connectivity index is 2.07. The molecule has 1 aliphatic heterocycles. The zero-order valence-corrected chi connectivity index (χ0v) is 8.27. The lowest BCUT2D eigenvalue weighted by molar-refractivity contribution is 0.555. The van der Waals surface area contributed by atoms with Crippen LogP contribution >= 0.6 is 0 Å². The van der Waals surface area contributed by atoms with E-state index < -0.39 is 0 Å². The molecule has 0 saturated heterocycles. The summed E-state index contributed by atoms with van der Waals surface area (Å²) < 4.78 is 0. The molecule has 0 aliphatic carbocycles. The monoisotopic (exact) mass is 189 g/mol. The zero-order chi connectivity index (χ0) is 9.97. The standard InChI is InChI=1S/C11H15N3/c1-8(9-5-3-2-4-6-9)10-7-13-11(12)14-10/h2-6,8,10H,7H2,1H3,(H3,12,13,14). The van der Waals surface area contributed by atoms with Crippen LogP contribution in [-0.2, 0) is 0 Å². The first-order valence-corrected chi connectivity index (χ1v) is 4.89. The van der Waals surface area contributed by atoms with Gasteiger partial charge < -0.3 is 11.1 Å². The van der Waals surface area contributed by atoms with Gasteiger partial charge >= 0.3 is 0 Å². The minimum absolute atomic E-state index is 0.345. The van der Waals surface area contributed by atoms with Gasteiger partial charge in [0.15, 0.2) is 5.96 Å². The number of hydrogen-bond donors (Lipinski definition) is 2. The SMILES string of the molecule is CC(c1ccccc1)C1CN=C(N)N1. The lowest BCUT2D eigenvalue weighted by atomic mass is 9.94. The van der Waals surface area contributed by atoms with Crippen LogP contribution < -0.4 is 11.1 Å². The van der Waals surface area contributed by atoms with Crippen molar-refractivity contribution in [3.8, 4) is 0 Å². The summed E-state index contributed by atoms with van der Waals surface area (Å²) in [6.07, 6.45) is 0. The highest BCUT2D eigenvalue weighted by molar-refractivity contribution is 5.80. The quantitative estimate of drug-likeness (QED) is 0.731. The van der Waals surface area contributed by atoms with Crippen LogP contribution in [0, 0.1) is 0 Å². The summed E-state index contributed by atoms with van der Waals surface area (Å²) in [6, 6.07) is 10.8. The van der Waals surface area contributed by atoms with Crippen molar-refractivity contribution in [2.24, 2.45) is 10.7 Å². The molecule has 0 bridgehead atoms. The van der Waals surface area contributed by atoms with Gasteiger partial charge in [-0.1, -0.05) is 37.3 Å². The normalized spacial score (nSPS) is 22.6. The van der Waals surface area contributed by atoms with Crippen LogP contribution in [0.15, 0.2) is 35.3 Å². The Morgan fingerprint density at radius 2 is 2.14 bits per heavy atom. The number of hydrogen-bond acceptors (Lipinski definition) is 3. The van der Waals surface area contributed by atoms with Crippen LogP contribution in [0.3, 0.4) is 0 Å². The Bertz CT molecular complexity index is 332. The van der Waals surface area contributed by atoms with E-state index in [2.05, 4.69) is 41.5 Å². The van der Waals surface area contributed by atoms with Gasteiger partial charge in [-0.2, -0.15) is 0 Å². The van der Waals surface area contributed by atoms with Gasteiger partial charge in [-0.15, -0.1) is 0 Å². The summed E-state index contributed by atoms with van der Waals surface area (Å²) in [6.45, 7) is 2.98. The highest BCUT2D eigenvalue weighted by Gasteiger charge is 2.22. The number of nitrogens with two attached hydrogens (primary N) is 1. The Kier molecular flexibility index (Phi) is 2.39. The van der Waals surface area contributed by atoms with Crippen LogP contribution in [0.5, 0.6) is 0 Å². The summed E-state index contributed by atoms with van der Waals surface area (Å²) >= 11 is 0. The Morgan fingerprint density at radius 1 is 1.43 bits per heavy atom. The van der Waals surface area contributed by atoms with Gasteiger partial charge in [-0.25, -0.2) is 0 Å². The molecular formula is C11H15N3. The van der Waals surface area contributed by atoms with E-state index in [-0.39, 0.29) is 0 Å². The Hall–Kier alpha value is -1.51. The fourth-order valence-corrected chi connectivity index (χ4v) is 1.75. The predicted molar refractivity (Wildman–Crippen MR) is 58.3 cm³/mol. The molecule has 1 aromatic rings. The molecule has 1 aliphatic rings. The minimum atomic E-state index is 0.345. The number of guanidine groups is 1. The molecule has 3 nitrogen and oxygen atoms in total. The van der Waals surface area contributed by atoms with Gasteiger partial charge in [0.1, 0.15) is 0 Å². The molecule has 1 heterocycles. The maximum absolute atomic E-state index is 5.58. The van der Waals surface area contributed by atoms with Crippen LogP contribution in [0.25, 0.3) is 0 Å². The van der Waals surface area contributed by atoms with Crippen molar-refractivity contribution in [1.29, 1.82) is 0 Å². The largest absolute Gasteiger partial charge is 0.370 e. The summed E-state index contributed by atoms with van der Waals surface area (Å²) in [5, 5.41) is 3.18. The summed E-state index contributed by atoms with van der Waals surface area (Å²) in [7, 11) is 0. The third-order valence-corrected chi connectivity index (χ3v) is 2.72. The maximum atomic E-state index is 5.58. The van der Waals surface area contributed by atoms with Gasteiger partial charge in [0, 0.05) is 5.92 Å². The number of aliphatic imine (C=N–C) groups is 1. The average molecular weight is 189 g/mol. The third-order valence-electron chi connectivity index (χ3n) is 2.72. The smallest absolute Gasteiger partial charge is 0.188 e. The highest BCUT2D eigenvalue weighted by Crippen LogP contribution is 2.20. The summed E-state index contributed by atoms with van der Waals surface area (Å²) in [5.41, 5.74) is 6.91. The molecule has 2 rings (SSSR count). The first-order valence-electron chi connectivity index (χ1n) is 4.89. The van der Waals surface area contributed by atoms with Gasteiger partial charge in [0.05, 0.1) is 12.6 Å². The second-order valence-electron chi connectivity index (χ2n) is 3.68. The third kappa shape index (κ3) is 1.71. The molecule has 2 unspecified atom stereocenters. The van der Waals surface area contributed by atoms with E-state index in [4.69, 9.17) is 5.73 Å². The molecule has 14 heavy (non-hydrogen) atoms. The van der Waals surface area contributed by atoms with Gasteiger partial charge in [0.2, 0.25) is 0 Å². The van der Waals surface area contributed by atoms with Crippen LogP contribution in [-0.4, -0.2) is 18.5 Å². The Morgan fingerprint density at radius 3 is 2.71 bits per heavy atom. The van der Waals surface area contributed by atoms with Crippen molar-refractivity contribution in [2.45, 2.75) is 18.9 Å². The fourth-order valence-electron chi connectivity index (χ4n) is 1.75. The molecule has 3 N–H and O–H groups in total. The van der Waals surface area contributed by atoms with E-state index in [0.29, 0.717) is 17.9 Å². The average Bonchev–Trinajstić information content (AvgIpc) is 2.65. The minimum Gasteiger partial charge on any atom is -0.370 e. The molecular weight excluding hydrogens is 174 g/mol. The van der Waals surface area contributed by atoms with E-state index in [1.54, 1.807) is 0 Å². The molecule has 3 heteroatoms. The topological polar surface area (TPSA) is 50.4 Å². The lowest BCUT2D eigenvalue weighted by Gasteiger charge is -2.19. The first kappa shape index (κ1) is 9.06. The number of rotatable bonds is 2. The van der Waals surface area contributed by atoms with E-state index in [9.17, 15) is 0 Å². The molecule has 74 valence electrons. The van der Waals surface area contributed by atoms with E-state index in [1.165, 1.54) is 5.56 Å². The van der Waals surface area contributed by atoms with Crippen LogP contribution in [0.4, 0.5) is 0 Å². The number of benzene rings is 1. The van der Waals surface area contributed by atoms with Crippen molar-refractivity contribution in [3.05, 3.63) is 35.9 Å². The van der Waals surface area contributed by atoms with Crippen molar-refractivity contribution in [2.75, 3.05) is 6.54 Å². The summed E-state index contributed by atoms with van der Waals surface area (Å²) in [5.74, 6) is 1.01. The Labute approximate surface area is 84.0 Å². The van der Waals surface area contributed by atoms with Gasteiger partial charge in [0.25, 0.3) is 0 Å². The molecule has 0 saturated carbocycles. The number of nitrogens with one attached hydrogen (secondary N) is 1. The van der Waals surface area contributed by atoms with Crippen LogP contribution in [0.2, 0.25) is 0 Å². The molecule has 0 fully saturated rings. The lowest BCUT2D eigenvalue weighted by Crippen LogP contribution is -2.38. The first-order chi connectivity index (χ1) is 6.77. The maximum Gasteiger partial charge on any atom is 0.188 e. The second kappa shape index (κ2) is 3.70. The second-order valence-corrected chi connectivity index (χ2v) is 3.68. The van der Waals surface area contributed by atoms with Crippen molar-refractivity contribution in [1.82, 2.24) is 5.32 Å². The molecule has 0 spiro atoms. The molecule has 1 aromatic carbocycles. The fraction of sp³-hybridized carbons (Fsp3) is 0.364. The van der Waals surface area contributed by atoms with Crippen LogP contribution in [0.1, 0.15) is 18.4 Å². The van der Waals surface area contributed by atoms with Crippen molar-refractivity contribution >= 4 is 5.96 Å². The summed E-state index contributed by atoms with van der Waals surface area (Å²) in [4.78, 5) is 4.15. The van der Waals surface area contributed by atoms with E-state index in [0.717, 1.165) is 6.54 Å². The molecule has 0 radical (unpaired) electrons.